The van der Waals surface area contributed by atoms with Crippen LogP contribution in [0.3, 0.4) is 0 Å². The van der Waals surface area contributed by atoms with Gasteiger partial charge in [-0.3, -0.25) is 0 Å². The Balaban J connectivity index is 2.23. The third kappa shape index (κ3) is 1.59. The van der Waals surface area contributed by atoms with E-state index in [1.807, 2.05) is 11.8 Å². The Labute approximate surface area is 93.3 Å². The maximum absolute atomic E-state index is 6.26. The molecule has 1 fully saturated rings. The van der Waals surface area contributed by atoms with E-state index in [1.165, 1.54) is 17.7 Å². The van der Waals surface area contributed by atoms with Crippen LogP contribution in [0.1, 0.15) is 34.5 Å². The first kappa shape index (κ1) is 10.5. The van der Waals surface area contributed by atoms with Crippen LogP contribution in [-0.4, -0.2) is 16.0 Å². The van der Waals surface area contributed by atoms with Crippen molar-refractivity contribution in [2.75, 3.05) is 6.26 Å². The summed E-state index contributed by atoms with van der Waals surface area (Å²) in [5, 5.41) is 1.12. The van der Waals surface area contributed by atoms with Gasteiger partial charge in [-0.2, -0.15) is 11.8 Å². The monoisotopic (exact) mass is 228 g/mol. The van der Waals surface area contributed by atoms with Crippen molar-refractivity contribution in [2.45, 2.75) is 37.5 Å². The van der Waals surface area contributed by atoms with Gasteiger partial charge in [-0.15, -0.1) is 11.3 Å². The molecule has 4 heteroatoms. The minimum absolute atomic E-state index is 0.134. The van der Waals surface area contributed by atoms with E-state index in [-0.39, 0.29) is 6.04 Å². The molecule has 0 aliphatic heterocycles. The second-order valence-electron chi connectivity index (χ2n) is 3.94. The summed E-state index contributed by atoms with van der Waals surface area (Å²) in [6.07, 6.45) is 4.64. The molecule has 1 aliphatic carbocycles. The molecule has 78 valence electrons. The predicted octanol–water partition coefficient (Wildman–Crippen LogP) is 2.66. The van der Waals surface area contributed by atoms with Gasteiger partial charge in [0.1, 0.15) is 5.01 Å². The summed E-state index contributed by atoms with van der Waals surface area (Å²) < 4.78 is 0.302. The van der Waals surface area contributed by atoms with Gasteiger partial charge >= 0.3 is 0 Å². The molecule has 0 amide bonds. The molecular formula is C10H16N2S2. The number of hydrogen-bond acceptors (Lipinski definition) is 4. The van der Waals surface area contributed by atoms with Crippen molar-refractivity contribution >= 4 is 23.1 Å². The summed E-state index contributed by atoms with van der Waals surface area (Å²) in [5.41, 5.74) is 7.39. The van der Waals surface area contributed by atoms with Crippen LogP contribution in [0.15, 0.2) is 0 Å². The van der Waals surface area contributed by atoms with E-state index in [4.69, 9.17) is 5.73 Å². The lowest BCUT2D eigenvalue weighted by Gasteiger charge is -2.18. The van der Waals surface area contributed by atoms with E-state index < -0.39 is 0 Å². The smallest absolute Gasteiger partial charge is 0.111 e. The molecule has 0 radical (unpaired) electrons. The zero-order valence-electron chi connectivity index (χ0n) is 8.83. The molecule has 1 saturated carbocycles. The van der Waals surface area contributed by atoms with Gasteiger partial charge in [0.05, 0.1) is 11.7 Å². The van der Waals surface area contributed by atoms with Crippen LogP contribution < -0.4 is 5.73 Å². The van der Waals surface area contributed by atoms with Gasteiger partial charge < -0.3 is 5.73 Å². The van der Waals surface area contributed by atoms with Crippen molar-refractivity contribution in [3.8, 4) is 0 Å². The Morgan fingerprint density at radius 2 is 2.14 bits per heavy atom. The molecule has 1 aromatic heterocycles. The van der Waals surface area contributed by atoms with Crippen LogP contribution >= 0.6 is 23.1 Å². The highest BCUT2D eigenvalue weighted by atomic mass is 32.2. The third-order valence-electron chi connectivity index (χ3n) is 3.03. The van der Waals surface area contributed by atoms with Crippen molar-refractivity contribution in [2.24, 2.45) is 5.73 Å². The molecule has 14 heavy (non-hydrogen) atoms. The molecular weight excluding hydrogens is 212 g/mol. The molecule has 1 aliphatic rings. The van der Waals surface area contributed by atoms with Gasteiger partial charge in [0.25, 0.3) is 0 Å². The zero-order chi connectivity index (χ0) is 10.3. The quantitative estimate of drug-likeness (QED) is 0.864. The number of aryl methyl sites for hydroxylation is 2. The summed E-state index contributed by atoms with van der Waals surface area (Å²) in [5.74, 6) is 0. The highest BCUT2D eigenvalue weighted by molar-refractivity contribution is 8.00. The fraction of sp³-hybridized carbons (Fsp3) is 0.700. The van der Waals surface area contributed by atoms with Gasteiger partial charge in [-0.25, -0.2) is 4.98 Å². The number of hydrogen-bond donors (Lipinski definition) is 1. The maximum Gasteiger partial charge on any atom is 0.111 e. The Bertz CT molecular complexity index is 322. The zero-order valence-corrected chi connectivity index (χ0v) is 10.5. The number of nitrogens with zero attached hydrogens (tertiary/aromatic N) is 1. The number of aromatic nitrogens is 1. The lowest BCUT2D eigenvalue weighted by atomic mass is 10.2. The van der Waals surface area contributed by atoms with Crippen LogP contribution in [0.5, 0.6) is 0 Å². The summed E-state index contributed by atoms with van der Waals surface area (Å²) in [4.78, 5) is 5.84. The van der Waals surface area contributed by atoms with Crippen LogP contribution in [0.25, 0.3) is 0 Å². The first-order valence-electron chi connectivity index (χ1n) is 4.84. The summed E-state index contributed by atoms with van der Waals surface area (Å²) in [7, 11) is 0. The Morgan fingerprint density at radius 1 is 1.50 bits per heavy atom. The fourth-order valence-electron chi connectivity index (χ4n) is 1.62. The van der Waals surface area contributed by atoms with Gasteiger partial charge in [0, 0.05) is 9.62 Å². The molecule has 1 aromatic rings. The number of rotatable bonds is 3. The molecule has 0 saturated heterocycles. The number of nitrogens with two attached hydrogens (primary N) is 1. The predicted molar refractivity (Wildman–Crippen MR) is 64.0 cm³/mol. The number of thiazole rings is 1. The van der Waals surface area contributed by atoms with Crippen molar-refractivity contribution in [3.63, 3.8) is 0 Å². The van der Waals surface area contributed by atoms with Gasteiger partial charge in [-0.1, -0.05) is 0 Å². The van der Waals surface area contributed by atoms with Gasteiger partial charge in [0.2, 0.25) is 0 Å². The summed E-state index contributed by atoms with van der Waals surface area (Å²) in [6.45, 7) is 4.17. The largest absolute Gasteiger partial charge is 0.321 e. The van der Waals surface area contributed by atoms with Crippen molar-refractivity contribution in [1.82, 2.24) is 4.98 Å². The lowest BCUT2D eigenvalue weighted by Crippen LogP contribution is -2.24. The normalized spacial score (nSPS) is 20.9. The Kier molecular flexibility index (Phi) is 2.62. The molecule has 1 heterocycles. The standard InChI is InChI=1S/C10H16N2S2/c1-6-7(2)14-9(12-6)8(11)10(13-3)4-5-10/h8H,4-5,11H2,1-3H3. The van der Waals surface area contributed by atoms with E-state index in [9.17, 15) is 0 Å². The molecule has 1 atom stereocenters. The second kappa shape index (κ2) is 3.51. The molecule has 0 spiro atoms. The Hall–Kier alpha value is -0.0600. The molecule has 1 unspecified atom stereocenters. The minimum Gasteiger partial charge on any atom is -0.321 e. The van der Waals surface area contributed by atoms with E-state index in [1.54, 1.807) is 11.3 Å². The molecule has 2 N–H and O–H groups in total. The summed E-state index contributed by atoms with van der Waals surface area (Å²) >= 11 is 3.65. The fourth-order valence-corrected chi connectivity index (χ4v) is 3.61. The van der Waals surface area contributed by atoms with Gasteiger partial charge in [0.15, 0.2) is 0 Å². The topological polar surface area (TPSA) is 38.9 Å². The first-order valence-corrected chi connectivity index (χ1v) is 6.88. The molecule has 0 aromatic carbocycles. The van der Waals surface area contributed by atoms with Crippen LogP contribution in [0.4, 0.5) is 0 Å². The van der Waals surface area contributed by atoms with E-state index in [0.29, 0.717) is 4.75 Å². The van der Waals surface area contributed by atoms with Crippen molar-refractivity contribution in [1.29, 1.82) is 0 Å². The summed E-state index contributed by atoms with van der Waals surface area (Å²) in [6, 6.07) is 0.134. The number of thioether (sulfide) groups is 1. The van der Waals surface area contributed by atoms with Crippen molar-refractivity contribution in [3.05, 3.63) is 15.6 Å². The molecule has 0 bridgehead atoms. The average molecular weight is 228 g/mol. The molecule has 2 rings (SSSR count). The highest BCUT2D eigenvalue weighted by Gasteiger charge is 2.49. The molecule has 2 nitrogen and oxygen atoms in total. The van der Waals surface area contributed by atoms with Crippen LogP contribution in [0, 0.1) is 13.8 Å². The third-order valence-corrected chi connectivity index (χ3v) is 5.66. The van der Waals surface area contributed by atoms with E-state index in [2.05, 4.69) is 25.1 Å². The van der Waals surface area contributed by atoms with Crippen LogP contribution in [-0.2, 0) is 0 Å². The van der Waals surface area contributed by atoms with Crippen LogP contribution in [0.2, 0.25) is 0 Å². The Morgan fingerprint density at radius 3 is 2.50 bits per heavy atom. The maximum atomic E-state index is 6.26. The van der Waals surface area contributed by atoms with E-state index >= 15 is 0 Å². The average Bonchev–Trinajstić information content (AvgIpc) is 2.90. The van der Waals surface area contributed by atoms with Gasteiger partial charge in [-0.05, 0) is 32.9 Å². The first-order chi connectivity index (χ1) is 6.59. The SMILES string of the molecule is CSC1(C(N)c2nc(C)c(C)s2)CC1. The second-order valence-corrected chi connectivity index (χ2v) is 6.40. The van der Waals surface area contributed by atoms with Crippen molar-refractivity contribution < 1.29 is 0 Å². The minimum atomic E-state index is 0.134. The van der Waals surface area contributed by atoms with E-state index in [0.717, 1.165) is 10.7 Å². The lowest BCUT2D eigenvalue weighted by molar-refractivity contribution is 0.668. The highest BCUT2D eigenvalue weighted by Crippen LogP contribution is 2.54.